The summed E-state index contributed by atoms with van der Waals surface area (Å²) in [6.07, 6.45) is 4.68. The SMILES string of the molecule is CC1=Cc2ccc(-n3ncnn3)cc2C1. The number of hydrogen-bond donors (Lipinski definition) is 0. The molecule has 1 aromatic heterocycles. The van der Waals surface area contributed by atoms with Crippen LogP contribution in [0.15, 0.2) is 30.1 Å². The molecule has 4 nitrogen and oxygen atoms in total. The van der Waals surface area contributed by atoms with Crippen LogP contribution in [0, 0.1) is 0 Å². The van der Waals surface area contributed by atoms with E-state index in [2.05, 4.69) is 40.5 Å². The third-order valence-electron chi connectivity index (χ3n) is 2.58. The molecule has 1 heterocycles. The maximum atomic E-state index is 4.01. The standard InChI is InChI=1S/C11H10N4/c1-8-4-9-2-3-11(6-10(9)5-8)15-13-7-12-14-15/h2-4,6-7H,5H2,1H3. The van der Waals surface area contributed by atoms with E-state index in [1.54, 1.807) is 0 Å². The molecule has 74 valence electrons. The van der Waals surface area contributed by atoms with E-state index < -0.39 is 0 Å². The van der Waals surface area contributed by atoms with Gasteiger partial charge < -0.3 is 0 Å². The lowest BCUT2D eigenvalue weighted by Gasteiger charge is -2.02. The highest BCUT2D eigenvalue weighted by molar-refractivity contribution is 5.64. The van der Waals surface area contributed by atoms with Crippen LogP contribution in [0.4, 0.5) is 0 Å². The molecule has 0 N–H and O–H groups in total. The molecule has 0 atom stereocenters. The lowest BCUT2D eigenvalue weighted by atomic mass is 10.1. The Labute approximate surface area is 87.2 Å². The number of hydrogen-bond acceptors (Lipinski definition) is 3. The minimum atomic E-state index is 0.967. The number of aromatic nitrogens is 4. The quantitative estimate of drug-likeness (QED) is 0.699. The van der Waals surface area contributed by atoms with Crippen molar-refractivity contribution < 1.29 is 0 Å². The zero-order valence-corrected chi connectivity index (χ0v) is 8.38. The minimum absolute atomic E-state index is 0.967. The van der Waals surface area contributed by atoms with Gasteiger partial charge >= 0.3 is 0 Å². The molecular formula is C11H10N4. The molecule has 3 rings (SSSR count). The fourth-order valence-electron chi connectivity index (χ4n) is 1.91. The number of fused-ring (bicyclic) bond motifs is 1. The first-order valence-electron chi connectivity index (χ1n) is 4.86. The Morgan fingerprint density at radius 1 is 1.33 bits per heavy atom. The Bertz CT molecular complexity index is 526. The molecule has 1 aromatic carbocycles. The predicted octanol–water partition coefficient (Wildman–Crippen LogP) is 1.62. The third-order valence-corrected chi connectivity index (χ3v) is 2.58. The molecule has 0 spiro atoms. The molecule has 0 amide bonds. The molecule has 2 aromatic rings. The third kappa shape index (κ3) is 1.34. The van der Waals surface area contributed by atoms with Crippen molar-refractivity contribution in [2.45, 2.75) is 13.3 Å². The summed E-state index contributed by atoms with van der Waals surface area (Å²) in [4.78, 5) is 1.54. The first kappa shape index (κ1) is 8.35. The van der Waals surface area contributed by atoms with Gasteiger partial charge in [-0.1, -0.05) is 17.7 Å². The Morgan fingerprint density at radius 2 is 2.27 bits per heavy atom. The summed E-state index contributed by atoms with van der Waals surface area (Å²) in [6, 6.07) is 6.23. The molecule has 0 bridgehead atoms. The van der Waals surface area contributed by atoms with E-state index in [1.807, 2.05) is 6.07 Å². The largest absolute Gasteiger partial charge is 0.162 e. The Kier molecular flexibility index (Phi) is 1.68. The van der Waals surface area contributed by atoms with Crippen LogP contribution in [0.1, 0.15) is 18.1 Å². The van der Waals surface area contributed by atoms with E-state index in [1.165, 1.54) is 27.8 Å². The van der Waals surface area contributed by atoms with Gasteiger partial charge in [-0.2, -0.15) is 0 Å². The fraction of sp³-hybridized carbons (Fsp3) is 0.182. The van der Waals surface area contributed by atoms with E-state index >= 15 is 0 Å². The predicted molar refractivity (Wildman–Crippen MR) is 56.5 cm³/mol. The number of nitrogens with zero attached hydrogens (tertiary/aromatic N) is 4. The van der Waals surface area contributed by atoms with Gasteiger partial charge in [0.2, 0.25) is 0 Å². The number of allylic oxidation sites excluding steroid dienone is 1. The molecule has 0 saturated carbocycles. The van der Waals surface area contributed by atoms with Gasteiger partial charge in [-0.25, -0.2) is 0 Å². The lowest BCUT2D eigenvalue weighted by Crippen LogP contribution is -1.99. The van der Waals surface area contributed by atoms with Crippen molar-refractivity contribution in [1.82, 2.24) is 20.2 Å². The van der Waals surface area contributed by atoms with Crippen LogP contribution >= 0.6 is 0 Å². The zero-order valence-electron chi connectivity index (χ0n) is 8.38. The second kappa shape index (κ2) is 3.02. The van der Waals surface area contributed by atoms with Crippen molar-refractivity contribution in [3.63, 3.8) is 0 Å². The van der Waals surface area contributed by atoms with Crippen LogP contribution < -0.4 is 0 Å². The maximum Gasteiger partial charge on any atom is 0.162 e. The summed E-state index contributed by atoms with van der Waals surface area (Å²) in [5.74, 6) is 0. The topological polar surface area (TPSA) is 43.6 Å². The van der Waals surface area contributed by atoms with Crippen molar-refractivity contribution in [3.8, 4) is 5.69 Å². The first-order chi connectivity index (χ1) is 7.33. The highest BCUT2D eigenvalue weighted by Crippen LogP contribution is 2.26. The van der Waals surface area contributed by atoms with Crippen molar-refractivity contribution in [2.24, 2.45) is 0 Å². The molecule has 0 aliphatic heterocycles. The molecule has 0 unspecified atom stereocenters. The van der Waals surface area contributed by atoms with E-state index in [0.29, 0.717) is 0 Å². The second-order valence-electron chi connectivity index (χ2n) is 3.78. The first-order valence-corrected chi connectivity index (χ1v) is 4.86. The Hall–Kier alpha value is -1.97. The van der Waals surface area contributed by atoms with Gasteiger partial charge in [0.15, 0.2) is 6.33 Å². The number of rotatable bonds is 1. The summed E-state index contributed by atoms with van der Waals surface area (Å²) in [7, 11) is 0. The molecule has 1 aliphatic rings. The fourth-order valence-corrected chi connectivity index (χ4v) is 1.91. The van der Waals surface area contributed by atoms with Crippen molar-refractivity contribution in [2.75, 3.05) is 0 Å². The Balaban J connectivity index is 2.07. The van der Waals surface area contributed by atoms with Gasteiger partial charge in [0, 0.05) is 0 Å². The average Bonchev–Trinajstić information content (AvgIpc) is 2.82. The molecule has 0 fully saturated rings. The van der Waals surface area contributed by atoms with Crippen molar-refractivity contribution in [3.05, 3.63) is 41.2 Å². The van der Waals surface area contributed by atoms with Crippen LogP contribution in [0.5, 0.6) is 0 Å². The van der Waals surface area contributed by atoms with E-state index in [0.717, 1.165) is 12.1 Å². The van der Waals surface area contributed by atoms with E-state index in [4.69, 9.17) is 0 Å². The summed E-state index contributed by atoms with van der Waals surface area (Å²) in [5.41, 5.74) is 5.00. The number of benzene rings is 1. The zero-order chi connectivity index (χ0) is 10.3. The second-order valence-corrected chi connectivity index (χ2v) is 3.78. The van der Waals surface area contributed by atoms with Crippen LogP contribution in [0.25, 0.3) is 11.8 Å². The lowest BCUT2D eigenvalue weighted by molar-refractivity contribution is 0.719. The van der Waals surface area contributed by atoms with Gasteiger partial charge in [-0.15, -0.1) is 15.0 Å². The molecule has 15 heavy (non-hydrogen) atoms. The van der Waals surface area contributed by atoms with Gasteiger partial charge in [-0.3, -0.25) is 0 Å². The van der Waals surface area contributed by atoms with Crippen LogP contribution in [0.3, 0.4) is 0 Å². The van der Waals surface area contributed by atoms with Crippen LogP contribution in [0.2, 0.25) is 0 Å². The van der Waals surface area contributed by atoms with Gasteiger partial charge in [-0.05, 0) is 41.8 Å². The van der Waals surface area contributed by atoms with Gasteiger partial charge in [0.25, 0.3) is 0 Å². The summed E-state index contributed by atoms with van der Waals surface area (Å²) in [6.45, 7) is 2.15. The van der Waals surface area contributed by atoms with E-state index in [-0.39, 0.29) is 0 Å². The Morgan fingerprint density at radius 3 is 3.07 bits per heavy atom. The maximum absolute atomic E-state index is 4.01. The average molecular weight is 198 g/mol. The molecular weight excluding hydrogens is 188 g/mol. The van der Waals surface area contributed by atoms with Gasteiger partial charge in [0.1, 0.15) is 0 Å². The summed E-state index contributed by atoms with van der Waals surface area (Å²) >= 11 is 0. The smallest absolute Gasteiger partial charge is 0.135 e. The van der Waals surface area contributed by atoms with Crippen molar-refractivity contribution in [1.29, 1.82) is 0 Å². The number of tetrazole rings is 1. The monoisotopic (exact) mass is 198 g/mol. The highest BCUT2D eigenvalue weighted by Gasteiger charge is 2.10. The molecule has 0 saturated heterocycles. The van der Waals surface area contributed by atoms with Crippen LogP contribution in [-0.4, -0.2) is 20.2 Å². The van der Waals surface area contributed by atoms with Gasteiger partial charge in [0.05, 0.1) is 5.69 Å². The normalized spacial score (nSPS) is 13.8. The molecule has 1 aliphatic carbocycles. The minimum Gasteiger partial charge on any atom is -0.135 e. The molecule has 0 radical (unpaired) electrons. The highest BCUT2D eigenvalue weighted by atomic mass is 15.6. The molecule has 4 heteroatoms. The van der Waals surface area contributed by atoms with Crippen LogP contribution in [-0.2, 0) is 6.42 Å². The summed E-state index contributed by atoms with van der Waals surface area (Å²) < 4.78 is 0. The van der Waals surface area contributed by atoms with Crippen molar-refractivity contribution >= 4 is 6.08 Å². The van der Waals surface area contributed by atoms with E-state index in [9.17, 15) is 0 Å². The summed E-state index contributed by atoms with van der Waals surface area (Å²) in [5, 5.41) is 11.6.